The molecule has 0 saturated heterocycles. The highest BCUT2D eigenvalue weighted by Crippen LogP contribution is 2.17. The van der Waals surface area contributed by atoms with E-state index in [1.165, 1.54) is 12.0 Å². The van der Waals surface area contributed by atoms with Crippen molar-refractivity contribution in [1.29, 1.82) is 0 Å². The van der Waals surface area contributed by atoms with Crippen molar-refractivity contribution in [2.45, 2.75) is 68.7 Å². The van der Waals surface area contributed by atoms with Gasteiger partial charge < -0.3 is 0 Å². The van der Waals surface area contributed by atoms with Crippen LogP contribution in [0.5, 0.6) is 0 Å². The Hall–Kier alpha value is -0.260. The summed E-state index contributed by atoms with van der Waals surface area (Å²) in [6.45, 7) is 19.1. The Morgan fingerprint density at radius 1 is 0.923 bits per heavy atom. The standard InChI is InChI=1S/C9H18.2C2H6/c1-6-9(7(2)3)8(4)5;2*1-2/h7H,6H2,1-5H3;2*1-2H3. The first-order valence-electron chi connectivity index (χ1n) is 5.75. The molecule has 13 heavy (non-hydrogen) atoms. The molecule has 0 aliphatic heterocycles. The van der Waals surface area contributed by atoms with Gasteiger partial charge in [0.05, 0.1) is 0 Å². The Labute approximate surface area is 86.4 Å². The van der Waals surface area contributed by atoms with Gasteiger partial charge in [0.1, 0.15) is 0 Å². The van der Waals surface area contributed by atoms with Crippen LogP contribution in [0.2, 0.25) is 0 Å². The fraction of sp³-hybridized carbons (Fsp3) is 0.846. The highest BCUT2D eigenvalue weighted by molar-refractivity contribution is 5.11. The number of hydrogen-bond donors (Lipinski definition) is 0. The van der Waals surface area contributed by atoms with Crippen molar-refractivity contribution in [3.05, 3.63) is 11.1 Å². The second-order valence-corrected chi connectivity index (χ2v) is 3.03. The molecule has 0 N–H and O–H groups in total. The number of hydrogen-bond acceptors (Lipinski definition) is 0. The van der Waals surface area contributed by atoms with Crippen molar-refractivity contribution < 1.29 is 0 Å². The van der Waals surface area contributed by atoms with Gasteiger partial charge in [0.15, 0.2) is 0 Å². The largest absolute Gasteiger partial charge is 0.0770 e. The highest BCUT2D eigenvalue weighted by atomic mass is 14.1. The Balaban J connectivity index is -0.000000218. The summed E-state index contributed by atoms with van der Waals surface area (Å²) in [5.74, 6) is 0.736. The molecule has 0 heterocycles. The van der Waals surface area contributed by atoms with Gasteiger partial charge in [0, 0.05) is 0 Å². The molecule has 0 aromatic heterocycles. The van der Waals surface area contributed by atoms with Crippen LogP contribution >= 0.6 is 0 Å². The predicted molar refractivity (Wildman–Crippen MR) is 66.2 cm³/mol. The molecule has 0 heteroatoms. The van der Waals surface area contributed by atoms with E-state index in [0.717, 1.165) is 5.92 Å². The highest BCUT2D eigenvalue weighted by Gasteiger charge is 2.00. The third-order valence-corrected chi connectivity index (χ3v) is 1.72. The molecule has 0 unspecified atom stereocenters. The fourth-order valence-electron chi connectivity index (χ4n) is 1.34. The molecule has 0 aromatic rings. The van der Waals surface area contributed by atoms with Crippen molar-refractivity contribution in [1.82, 2.24) is 0 Å². The van der Waals surface area contributed by atoms with Crippen LogP contribution in [0.25, 0.3) is 0 Å². The second kappa shape index (κ2) is 14.3. The van der Waals surface area contributed by atoms with Crippen molar-refractivity contribution in [2.24, 2.45) is 5.92 Å². The van der Waals surface area contributed by atoms with Gasteiger partial charge in [-0.2, -0.15) is 0 Å². The first-order valence-corrected chi connectivity index (χ1v) is 5.75. The minimum absolute atomic E-state index is 0.736. The normalized spacial score (nSPS) is 7.85. The van der Waals surface area contributed by atoms with E-state index in [-0.39, 0.29) is 0 Å². The maximum Gasteiger partial charge on any atom is -0.0258 e. The molecule has 0 atom stereocenters. The van der Waals surface area contributed by atoms with E-state index >= 15 is 0 Å². The molecular formula is C13H30. The van der Waals surface area contributed by atoms with Crippen LogP contribution in [-0.4, -0.2) is 0 Å². The molecule has 0 nitrogen and oxygen atoms in total. The molecule has 0 aliphatic carbocycles. The molecular weight excluding hydrogens is 156 g/mol. The number of allylic oxidation sites excluding steroid dienone is 2. The molecule has 0 aromatic carbocycles. The average molecular weight is 186 g/mol. The predicted octanol–water partition coefficient (Wildman–Crippen LogP) is 5.44. The van der Waals surface area contributed by atoms with Gasteiger partial charge in [-0.15, -0.1) is 0 Å². The maximum absolute atomic E-state index is 2.26. The smallest absolute Gasteiger partial charge is 0.0258 e. The second-order valence-electron chi connectivity index (χ2n) is 3.03. The Bertz CT molecular complexity index is 103. The van der Waals surface area contributed by atoms with Crippen molar-refractivity contribution in [3.63, 3.8) is 0 Å². The summed E-state index contributed by atoms with van der Waals surface area (Å²) in [6.07, 6.45) is 1.21. The molecule has 0 radical (unpaired) electrons. The lowest BCUT2D eigenvalue weighted by atomic mass is 9.97. The van der Waals surface area contributed by atoms with Gasteiger partial charge in [-0.25, -0.2) is 0 Å². The molecule has 0 spiro atoms. The molecule has 0 bridgehead atoms. The molecule has 0 saturated carbocycles. The van der Waals surface area contributed by atoms with E-state index in [2.05, 4.69) is 34.6 Å². The molecule has 0 fully saturated rings. The van der Waals surface area contributed by atoms with Gasteiger partial charge in [0.2, 0.25) is 0 Å². The minimum atomic E-state index is 0.736. The molecule has 0 aliphatic rings. The average Bonchev–Trinajstić information content (AvgIpc) is 2.11. The quantitative estimate of drug-likeness (QED) is 0.504. The monoisotopic (exact) mass is 186 g/mol. The van der Waals surface area contributed by atoms with Crippen LogP contribution in [0.1, 0.15) is 68.7 Å². The Kier molecular flexibility index (Phi) is 20.3. The Morgan fingerprint density at radius 2 is 1.23 bits per heavy atom. The first-order chi connectivity index (χ1) is 6.09. The summed E-state index contributed by atoms with van der Waals surface area (Å²) in [7, 11) is 0. The zero-order valence-corrected chi connectivity index (χ0v) is 11.3. The van der Waals surface area contributed by atoms with Crippen molar-refractivity contribution in [3.8, 4) is 0 Å². The van der Waals surface area contributed by atoms with E-state index < -0.39 is 0 Å². The van der Waals surface area contributed by atoms with E-state index in [1.54, 1.807) is 5.57 Å². The lowest BCUT2D eigenvalue weighted by molar-refractivity contribution is 0.719. The van der Waals surface area contributed by atoms with Gasteiger partial charge in [0.25, 0.3) is 0 Å². The molecule has 0 amide bonds. The van der Waals surface area contributed by atoms with Gasteiger partial charge in [-0.1, -0.05) is 59.6 Å². The SMILES string of the molecule is CC.CC.CCC(=C(C)C)C(C)C. The third kappa shape index (κ3) is 11.7. The van der Waals surface area contributed by atoms with Crippen LogP contribution in [0.4, 0.5) is 0 Å². The van der Waals surface area contributed by atoms with E-state index in [4.69, 9.17) is 0 Å². The zero-order chi connectivity index (χ0) is 11.4. The lowest BCUT2D eigenvalue weighted by Crippen LogP contribution is -1.94. The summed E-state index contributed by atoms with van der Waals surface area (Å²) >= 11 is 0. The van der Waals surface area contributed by atoms with Crippen molar-refractivity contribution in [2.75, 3.05) is 0 Å². The van der Waals surface area contributed by atoms with Gasteiger partial charge in [-0.3, -0.25) is 0 Å². The zero-order valence-electron chi connectivity index (χ0n) is 11.3. The lowest BCUT2D eigenvalue weighted by Gasteiger charge is -2.10. The topological polar surface area (TPSA) is 0 Å². The van der Waals surface area contributed by atoms with Crippen LogP contribution < -0.4 is 0 Å². The summed E-state index contributed by atoms with van der Waals surface area (Å²) in [5, 5.41) is 0. The van der Waals surface area contributed by atoms with Crippen molar-refractivity contribution >= 4 is 0 Å². The van der Waals surface area contributed by atoms with E-state index in [1.807, 2.05) is 27.7 Å². The van der Waals surface area contributed by atoms with Gasteiger partial charge in [-0.05, 0) is 26.2 Å². The summed E-state index contributed by atoms with van der Waals surface area (Å²) < 4.78 is 0. The number of rotatable bonds is 2. The van der Waals surface area contributed by atoms with Crippen LogP contribution in [0, 0.1) is 5.92 Å². The van der Waals surface area contributed by atoms with Crippen LogP contribution in [0.15, 0.2) is 11.1 Å². The Morgan fingerprint density at radius 3 is 1.23 bits per heavy atom. The third-order valence-electron chi connectivity index (χ3n) is 1.72. The maximum atomic E-state index is 2.26. The summed E-state index contributed by atoms with van der Waals surface area (Å²) in [6, 6.07) is 0. The molecule has 0 rings (SSSR count). The van der Waals surface area contributed by atoms with E-state index in [9.17, 15) is 0 Å². The summed E-state index contributed by atoms with van der Waals surface area (Å²) in [4.78, 5) is 0. The van der Waals surface area contributed by atoms with Crippen LogP contribution in [0.3, 0.4) is 0 Å². The summed E-state index contributed by atoms with van der Waals surface area (Å²) in [5.41, 5.74) is 3.10. The fourth-order valence-corrected chi connectivity index (χ4v) is 1.34. The first kappa shape index (κ1) is 18.5. The van der Waals surface area contributed by atoms with E-state index in [0.29, 0.717) is 0 Å². The molecule has 82 valence electrons. The minimum Gasteiger partial charge on any atom is -0.0770 e. The van der Waals surface area contributed by atoms with Gasteiger partial charge >= 0.3 is 0 Å². The van der Waals surface area contributed by atoms with Crippen LogP contribution in [-0.2, 0) is 0 Å².